The van der Waals surface area contributed by atoms with E-state index in [0.717, 1.165) is 18.2 Å². The van der Waals surface area contributed by atoms with Gasteiger partial charge in [0, 0.05) is 23.5 Å². The molecule has 0 radical (unpaired) electrons. The first-order valence-electron chi connectivity index (χ1n) is 9.41. The Morgan fingerprint density at radius 3 is 2.42 bits per heavy atom. The summed E-state index contributed by atoms with van der Waals surface area (Å²) >= 11 is 0. The van der Waals surface area contributed by atoms with Gasteiger partial charge >= 0.3 is 6.36 Å². The number of ketones is 1. The molecule has 0 unspecified atom stereocenters. The van der Waals surface area contributed by atoms with E-state index in [9.17, 15) is 27.2 Å². The van der Waals surface area contributed by atoms with Crippen LogP contribution in [0.2, 0.25) is 0 Å². The Morgan fingerprint density at radius 1 is 1.10 bits per heavy atom. The smallest absolute Gasteiger partial charge is 0.403 e. The lowest BCUT2D eigenvalue weighted by Gasteiger charge is -2.17. The van der Waals surface area contributed by atoms with Crippen molar-refractivity contribution in [1.29, 1.82) is 0 Å². The minimum absolute atomic E-state index is 0.0219. The molecule has 0 bridgehead atoms. The van der Waals surface area contributed by atoms with E-state index in [1.54, 1.807) is 30.3 Å². The van der Waals surface area contributed by atoms with E-state index >= 15 is 0 Å². The number of H-pyrrole nitrogens is 1. The van der Waals surface area contributed by atoms with Crippen molar-refractivity contribution in [3.05, 3.63) is 82.0 Å². The van der Waals surface area contributed by atoms with E-state index < -0.39 is 34.7 Å². The van der Waals surface area contributed by atoms with Crippen LogP contribution in [0.15, 0.2) is 59.4 Å². The average molecular weight is 432 g/mol. The number of alkyl halides is 3. The van der Waals surface area contributed by atoms with Crippen LogP contribution >= 0.6 is 0 Å². The van der Waals surface area contributed by atoms with Crippen LogP contribution in [-0.4, -0.2) is 22.1 Å². The summed E-state index contributed by atoms with van der Waals surface area (Å²) < 4.78 is 54.8. The minimum Gasteiger partial charge on any atom is -0.403 e. The highest BCUT2D eigenvalue weighted by atomic mass is 19.4. The Balaban J connectivity index is 1.57. The Kier molecular flexibility index (Phi) is 5.12. The molecule has 160 valence electrons. The molecule has 1 fully saturated rings. The SMILES string of the molecule is O=C(CC1(c2ccc(OC(F)(F)F)c(F)c2)CC1)c1cc(=O)[nH]c(-c2ccccc2)n1. The minimum atomic E-state index is -5.00. The van der Waals surface area contributed by atoms with Crippen LogP contribution in [0.5, 0.6) is 5.75 Å². The fraction of sp³-hybridized carbons (Fsp3) is 0.227. The lowest BCUT2D eigenvalue weighted by atomic mass is 9.89. The van der Waals surface area contributed by atoms with E-state index in [2.05, 4.69) is 14.7 Å². The zero-order chi connectivity index (χ0) is 22.2. The molecule has 0 saturated heterocycles. The summed E-state index contributed by atoms with van der Waals surface area (Å²) in [6.45, 7) is 0. The second kappa shape index (κ2) is 7.64. The topological polar surface area (TPSA) is 72.1 Å². The molecule has 0 amide bonds. The van der Waals surface area contributed by atoms with Crippen LogP contribution in [0.4, 0.5) is 17.6 Å². The lowest BCUT2D eigenvalue weighted by Crippen LogP contribution is -2.20. The molecule has 3 aromatic rings. The van der Waals surface area contributed by atoms with E-state index in [-0.39, 0.29) is 17.9 Å². The summed E-state index contributed by atoms with van der Waals surface area (Å²) in [5, 5.41) is 0. The predicted octanol–water partition coefficient (Wildman–Crippen LogP) is 4.78. The monoisotopic (exact) mass is 432 g/mol. The molecule has 1 heterocycles. The molecule has 0 atom stereocenters. The predicted molar refractivity (Wildman–Crippen MR) is 103 cm³/mol. The number of carbonyl (C=O) groups is 1. The fourth-order valence-corrected chi connectivity index (χ4v) is 3.49. The molecule has 0 spiro atoms. The molecule has 1 N–H and O–H groups in total. The molecule has 2 aromatic carbocycles. The molecule has 1 aliphatic carbocycles. The normalized spacial score (nSPS) is 14.8. The quantitative estimate of drug-likeness (QED) is 0.450. The number of Topliss-reactive ketones (excluding diaryl/α,β-unsaturated/α-hetero) is 1. The highest BCUT2D eigenvalue weighted by Gasteiger charge is 2.46. The Bertz CT molecular complexity index is 1190. The van der Waals surface area contributed by atoms with Gasteiger partial charge in [0.1, 0.15) is 11.5 Å². The van der Waals surface area contributed by atoms with Gasteiger partial charge in [0.05, 0.1) is 0 Å². The van der Waals surface area contributed by atoms with Crippen molar-refractivity contribution in [2.45, 2.75) is 31.0 Å². The average Bonchev–Trinajstić information content (AvgIpc) is 3.49. The van der Waals surface area contributed by atoms with Gasteiger partial charge in [-0.2, -0.15) is 0 Å². The number of carbonyl (C=O) groups excluding carboxylic acids is 1. The second-order valence-electron chi connectivity index (χ2n) is 7.42. The first kappa shape index (κ1) is 20.8. The van der Waals surface area contributed by atoms with Crippen LogP contribution in [0.3, 0.4) is 0 Å². The summed E-state index contributed by atoms with van der Waals surface area (Å²) in [6, 6.07) is 13.1. The first-order valence-corrected chi connectivity index (χ1v) is 9.41. The number of hydrogen-bond acceptors (Lipinski definition) is 4. The number of nitrogens with one attached hydrogen (secondary N) is 1. The summed E-state index contributed by atoms with van der Waals surface area (Å²) in [5.74, 6) is -2.24. The largest absolute Gasteiger partial charge is 0.573 e. The second-order valence-corrected chi connectivity index (χ2v) is 7.42. The molecule has 0 aliphatic heterocycles. The van der Waals surface area contributed by atoms with Gasteiger partial charge in [-0.25, -0.2) is 9.37 Å². The fourth-order valence-electron chi connectivity index (χ4n) is 3.49. The number of rotatable bonds is 6. The number of benzene rings is 2. The van der Waals surface area contributed by atoms with Crippen molar-refractivity contribution in [2.24, 2.45) is 0 Å². The molecule has 31 heavy (non-hydrogen) atoms. The number of nitrogens with zero attached hydrogens (tertiary/aromatic N) is 1. The maximum atomic E-state index is 14.1. The summed E-state index contributed by atoms with van der Waals surface area (Å²) in [6.07, 6.45) is -3.92. The highest BCUT2D eigenvalue weighted by molar-refractivity contribution is 5.95. The van der Waals surface area contributed by atoms with Crippen molar-refractivity contribution in [3.8, 4) is 17.1 Å². The van der Waals surface area contributed by atoms with Gasteiger partial charge in [0.15, 0.2) is 17.3 Å². The van der Waals surface area contributed by atoms with Crippen LogP contribution in [0.1, 0.15) is 35.3 Å². The van der Waals surface area contributed by atoms with Crippen molar-refractivity contribution >= 4 is 5.78 Å². The first-order chi connectivity index (χ1) is 14.7. The molecule has 5 nitrogen and oxygen atoms in total. The van der Waals surface area contributed by atoms with E-state index in [4.69, 9.17) is 0 Å². The van der Waals surface area contributed by atoms with Crippen molar-refractivity contribution in [1.82, 2.24) is 9.97 Å². The van der Waals surface area contributed by atoms with Gasteiger partial charge in [0.2, 0.25) is 0 Å². The van der Waals surface area contributed by atoms with Gasteiger partial charge in [-0.1, -0.05) is 36.4 Å². The molecular weight excluding hydrogens is 416 g/mol. The summed E-state index contributed by atoms with van der Waals surface area (Å²) in [4.78, 5) is 31.7. The van der Waals surface area contributed by atoms with E-state index in [1.807, 2.05) is 0 Å². The third-order valence-corrected chi connectivity index (χ3v) is 5.20. The maximum absolute atomic E-state index is 14.1. The highest BCUT2D eigenvalue weighted by Crippen LogP contribution is 2.52. The zero-order valence-corrected chi connectivity index (χ0v) is 16.0. The molecule has 1 aromatic heterocycles. The number of hydrogen-bond donors (Lipinski definition) is 1. The van der Waals surface area contributed by atoms with Crippen molar-refractivity contribution in [2.75, 3.05) is 0 Å². The van der Waals surface area contributed by atoms with Gasteiger partial charge < -0.3 is 9.72 Å². The third-order valence-electron chi connectivity index (χ3n) is 5.20. The van der Waals surface area contributed by atoms with E-state index in [0.29, 0.717) is 24.0 Å². The zero-order valence-electron chi connectivity index (χ0n) is 16.0. The van der Waals surface area contributed by atoms with Crippen LogP contribution in [0, 0.1) is 5.82 Å². The van der Waals surface area contributed by atoms with Crippen LogP contribution in [0.25, 0.3) is 11.4 Å². The van der Waals surface area contributed by atoms with E-state index in [1.165, 1.54) is 6.07 Å². The molecule has 9 heteroatoms. The van der Waals surface area contributed by atoms with Crippen molar-refractivity contribution < 1.29 is 27.1 Å². The Hall–Kier alpha value is -3.49. The number of aromatic amines is 1. The summed E-state index contributed by atoms with van der Waals surface area (Å²) in [5.41, 5.74) is -0.168. The lowest BCUT2D eigenvalue weighted by molar-refractivity contribution is -0.275. The Labute approximate surface area is 173 Å². The third kappa shape index (κ3) is 4.65. The van der Waals surface area contributed by atoms with Gasteiger partial charge in [-0.3, -0.25) is 9.59 Å². The number of halogens is 4. The maximum Gasteiger partial charge on any atom is 0.573 e. The molecule has 4 rings (SSSR count). The number of aromatic nitrogens is 2. The van der Waals surface area contributed by atoms with Gasteiger partial charge in [-0.15, -0.1) is 13.2 Å². The number of ether oxygens (including phenoxy) is 1. The van der Waals surface area contributed by atoms with Gasteiger partial charge in [-0.05, 0) is 30.5 Å². The summed E-state index contributed by atoms with van der Waals surface area (Å²) in [7, 11) is 0. The van der Waals surface area contributed by atoms with Gasteiger partial charge in [0.25, 0.3) is 5.56 Å². The molecular formula is C22H16F4N2O3. The Morgan fingerprint density at radius 2 is 1.81 bits per heavy atom. The standard InChI is InChI=1S/C22H16F4N2O3/c23-15-10-14(6-7-18(15)31-22(24,25)26)21(8-9-21)12-17(29)16-11-19(30)28-20(27-16)13-4-2-1-3-5-13/h1-7,10-11H,8-9,12H2,(H,27,28,30). The molecule has 1 saturated carbocycles. The van der Waals surface area contributed by atoms with Crippen molar-refractivity contribution in [3.63, 3.8) is 0 Å². The molecule has 1 aliphatic rings. The van der Waals surface area contributed by atoms with Crippen LogP contribution < -0.4 is 10.3 Å². The van der Waals surface area contributed by atoms with Crippen LogP contribution in [-0.2, 0) is 5.41 Å².